The first-order chi connectivity index (χ1) is 22.6. The van der Waals surface area contributed by atoms with Crippen LogP contribution in [-0.4, -0.2) is 97.6 Å². The Morgan fingerprint density at radius 2 is 1.06 bits per heavy atom. The zero-order chi connectivity index (χ0) is 38.1. The molecule has 0 aliphatic carbocycles. The summed E-state index contributed by atoms with van der Waals surface area (Å²) in [5.41, 5.74) is 3.28. The highest BCUT2D eigenvalue weighted by Crippen LogP contribution is 2.17. The minimum atomic E-state index is 0.000968. The molecule has 49 heavy (non-hydrogen) atoms. The Balaban J connectivity index is 0.000000896. The molecule has 8 heteroatoms. The lowest BCUT2D eigenvalue weighted by Gasteiger charge is -2.26. The van der Waals surface area contributed by atoms with E-state index in [1.165, 1.54) is 0 Å². The predicted octanol–water partition coefficient (Wildman–Crippen LogP) is 7.70. The van der Waals surface area contributed by atoms with Crippen LogP contribution < -0.4 is 0 Å². The lowest BCUT2D eigenvalue weighted by Crippen LogP contribution is -2.35. The van der Waals surface area contributed by atoms with E-state index in [4.69, 9.17) is 0 Å². The van der Waals surface area contributed by atoms with Crippen LogP contribution >= 0.6 is 0 Å². The molecule has 0 fully saturated rings. The molecular formula is C41H68N4O4. The van der Waals surface area contributed by atoms with Crippen LogP contribution in [0.25, 0.3) is 0 Å². The van der Waals surface area contributed by atoms with E-state index < -0.39 is 0 Å². The molecule has 8 nitrogen and oxygen atoms in total. The molecule has 0 aliphatic heterocycles. The molecule has 2 rings (SSSR count). The van der Waals surface area contributed by atoms with Gasteiger partial charge >= 0.3 is 0 Å². The van der Waals surface area contributed by atoms with Crippen LogP contribution in [0.15, 0.2) is 48.5 Å². The topological polar surface area (TPSA) is 81.2 Å². The van der Waals surface area contributed by atoms with Gasteiger partial charge in [0.1, 0.15) is 0 Å². The Kier molecular flexibility index (Phi) is 19.8. The molecule has 2 aromatic rings. The van der Waals surface area contributed by atoms with Gasteiger partial charge in [0.25, 0.3) is 11.8 Å². The van der Waals surface area contributed by atoms with Crippen LogP contribution in [0, 0.1) is 16.7 Å². The first kappa shape index (κ1) is 45.3. The van der Waals surface area contributed by atoms with Gasteiger partial charge in [-0.3, -0.25) is 19.2 Å². The summed E-state index contributed by atoms with van der Waals surface area (Å²) in [6.07, 6.45) is 1.63. The van der Waals surface area contributed by atoms with Crippen LogP contribution in [0.2, 0.25) is 0 Å². The fraction of sp³-hybridized carbons (Fsp3) is 0.610. The normalized spacial score (nSPS) is 11.0. The molecule has 0 radical (unpaired) electrons. The van der Waals surface area contributed by atoms with Gasteiger partial charge in [-0.25, -0.2) is 0 Å². The maximum atomic E-state index is 12.5. The fourth-order valence-corrected chi connectivity index (χ4v) is 5.31. The minimum absolute atomic E-state index is 0.000968. The molecule has 0 saturated carbocycles. The van der Waals surface area contributed by atoms with Crippen molar-refractivity contribution in [1.82, 2.24) is 19.6 Å². The second kappa shape index (κ2) is 21.4. The van der Waals surface area contributed by atoms with E-state index in [0.717, 1.165) is 37.2 Å². The molecule has 276 valence electrons. The van der Waals surface area contributed by atoms with Crippen molar-refractivity contribution in [1.29, 1.82) is 0 Å². The van der Waals surface area contributed by atoms with E-state index in [0.29, 0.717) is 36.4 Å². The zero-order valence-electron chi connectivity index (χ0n) is 33.6. The fourth-order valence-electron chi connectivity index (χ4n) is 5.31. The maximum Gasteiger partial charge on any atom is 0.253 e. The van der Waals surface area contributed by atoms with E-state index in [2.05, 4.69) is 55.4 Å². The molecule has 0 heterocycles. The van der Waals surface area contributed by atoms with Crippen molar-refractivity contribution >= 4 is 23.6 Å². The number of carbonyl (C=O) groups is 4. The monoisotopic (exact) mass is 681 g/mol. The molecule has 0 aliphatic rings. The summed E-state index contributed by atoms with van der Waals surface area (Å²) in [4.78, 5) is 56.3. The molecule has 2 aromatic carbocycles. The number of hydrogen-bond acceptors (Lipinski definition) is 4. The van der Waals surface area contributed by atoms with Crippen LogP contribution in [0.5, 0.6) is 0 Å². The van der Waals surface area contributed by atoms with Crippen molar-refractivity contribution in [2.24, 2.45) is 16.7 Å². The number of amides is 4. The molecule has 0 unspecified atom stereocenters. The summed E-state index contributed by atoms with van der Waals surface area (Å²) >= 11 is 0. The molecule has 0 saturated heterocycles. The van der Waals surface area contributed by atoms with Crippen LogP contribution in [-0.2, 0) is 22.4 Å². The van der Waals surface area contributed by atoms with Crippen LogP contribution in [0.3, 0.4) is 0 Å². The summed E-state index contributed by atoms with van der Waals surface area (Å²) in [5.74, 6) is 0.623. The van der Waals surface area contributed by atoms with Gasteiger partial charge in [0.15, 0.2) is 0 Å². The third-order valence-electron chi connectivity index (χ3n) is 7.25. The second-order valence-electron chi connectivity index (χ2n) is 15.7. The third kappa shape index (κ3) is 18.6. The largest absolute Gasteiger partial charge is 0.345 e. The van der Waals surface area contributed by atoms with Gasteiger partial charge in [-0.1, -0.05) is 100 Å². The standard InChI is InChI=1S/C20H32N2O2.C19H30N2O2.C2H6/c1-15(2)13-21(6)19(24)17-10-8-9-16(11-17)12-18(23)22(7)14-20(3,4)5;1-7-12-20(5)18(23)16-10-8-15(9-11-16)13-17(22)21(6)14-19(2,3)4;1-2/h8-11,15H,12-14H2,1-7H3;8-11H,7,12-14H2,1-6H3;1-2H3. The van der Waals surface area contributed by atoms with E-state index in [-0.39, 0.29) is 34.5 Å². The smallest absolute Gasteiger partial charge is 0.253 e. The Hall–Kier alpha value is -3.68. The Labute approximate surface area is 299 Å². The van der Waals surface area contributed by atoms with Crippen molar-refractivity contribution < 1.29 is 19.2 Å². The average molecular weight is 681 g/mol. The van der Waals surface area contributed by atoms with E-state index in [1.54, 1.807) is 31.7 Å². The lowest BCUT2D eigenvalue weighted by molar-refractivity contribution is -0.131. The first-order valence-electron chi connectivity index (χ1n) is 17.8. The molecule has 0 spiro atoms. The van der Waals surface area contributed by atoms with Gasteiger partial charge in [-0.15, -0.1) is 0 Å². The minimum Gasteiger partial charge on any atom is -0.345 e. The van der Waals surface area contributed by atoms with Gasteiger partial charge in [0, 0.05) is 65.5 Å². The third-order valence-corrected chi connectivity index (χ3v) is 7.25. The second-order valence-corrected chi connectivity index (χ2v) is 15.7. The van der Waals surface area contributed by atoms with E-state index in [9.17, 15) is 19.2 Å². The summed E-state index contributed by atoms with van der Waals surface area (Å²) in [6, 6.07) is 14.8. The van der Waals surface area contributed by atoms with Gasteiger partial charge in [-0.2, -0.15) is 0 Å². The van der Waals surface area contributed by atoms with E-state index >= 15 is 0 Å². The Morgan fingerprint density at radius 1 is 0.612 bits per heavy atom. The summed E-state index contributed by atoms with van der Waals surface area (Å²) in [5, 5.41) is 0. The Bertz CT molecular complexity index is 1310. The maximum absolute atomic E-state index is 12.5. The summed E-state index contributed by atoms with van der Waals surface area (Å²) in [6.45, 7) is 25.8. The molecule has 0 bridgehead atoms. The average Bonchev–Trinajstić information content (AvgIpc) is 3.00. The van der Waals surface area contributed by atoms with Gasteiger partial charge < -0.3 is 19.6 Å². The van der Waals surface area contributed by atoms with Gasteiger partial charge in [-0.05, 0) is 58.6 Å². The quantitative estimate of drug-likeness (QED) is 0.230. The highest BCUT2D eigenvalue weighted by molar-refractivity contribution is 5.95. The summed E-state index contributed by atoms with van der Waals surface area (Å²) in [7, 11) is 7.30. The predicted molar refractivity (Wildman–Crippen MR) is 205 cm³/mol. The molecule has 0 N–H and O–H groups in total. The van der Waals surface area contributed by atoms with Crippen LogP contribution in [0.4, 0.5) is 0 Å². The van der Waals surface area contributed by atoms with Crippen molar-refractivity contribution in [3.05, 3.63) is 70.8 Å². The number of benzene rings is 2. The number of likely N-dealkylation sites (N-methyl/N-ethyl adjacent to an activating group) is 2. The number of nitrogens with zero attached hydrogens (tertiary/aromatic N) is 4. The molecule has 0 atom stereocenters. The van der Waals surface area contributed by atoms with Gasteiger partial charge in [0.2, 0.25) is 11.8 Å². The number of carbonyl (C=O) groups excluding carboxylic acids is 4. The van der Waals surface area contributed by atoms with Gasteiger partial charge in [0.05, 0.1) is 12.8 Å². The summed E-state index contributed by atoms with van der Waals surface area (Å²) < 4.78 is 0. The Morgan fingerprint density at radius 3 is 1.49 bits per heavy atom. The van der Waals surface area contributed by atoms with Crippen molar-refractivity contribution in [3.63, 3.8) is 0 Å². The van der Waals surface area contributed by atoms with Crippen molar-refractivity contribution in [3.8, 4) is 0 Å². The molecule has 0 aromatic heterocycles. The number of hydrogen-bond donors (Lipinski definition) is 0. The highest BCUT2D eigenvalue weighted by Gasteiger charge is 2.20. The molecule has 4 amide bonds. The van der Waals surface area contributed by atoms with E-state index in [1.807, 2.05) is 85.4 Å². The number of rotatable bonds is 12. The SMILES string of the molecule is CC.CC(C)CN(C)C(=O)c1cccc(CC(=O)N(C)CC(C)(C)C)c1.CCCN(C)C(=O)c1ccc(CC(=O)N(C)CC(C)(C)C)cc1. The van der Waals surface area contributed by atoms with Crippen LogP contribution in [0.1, 0.15) is 114 Å². The van der Waals surface area contributed by atoms with Crippen molar-refractivity contribution in [2.75, 3.05) is 54.4 Å². The van der Waals surface area contributed by atoms with Crippen molar-refractivity contribution in [2.45, 2.75) is 95.4 Å². The highest BCUT2D eigenvalue weighted by atomic mass is 16.2. The first-order valence-corrected chi connectivity index (χ1v) is 17.8. The molecular weight excluding hydrogens is 612 g/mol. The lowest BCUT2D eigenvalue weighted by atomic mass is 9.96. The zero-order valence-corrected chi connectivity index (χ0v) is 33.6.